The Kier molecular flexibility index (Phi) is 4.44. The minimum atomic E-state index is -3.20. The van der Waals surface area contributed by atoms with Crippen LogP contribution in [-0.4, -0.2) is 21.7 Å². The van der Waals surface area contributed by atoms with Crippen LogP contribution in [0.5, 0.6) is 0 Å². The number of benzene rings is 2. The maximum Gasteiger partial charge on any atom is 0.175 e. The first-order chi connectivity index (χ1) is 9.82. The predicted octanol–water partition coefficient (Wildman–Crippen LogP) is 2.85. The SMILES string of the molecule is CNC(c1ccc(S(C)(=O)=O)cc1)c1ccc(F)cc1C. The van der Waals surface area contributed by atoms with E-state index in [2.05, 4.69) is 5.32 Å². The van der Waals surface area contributed by atoms with E-state index in [0.717, 1.165) is 16.7 Å². The maximum absolute atomic E-state index is 13.2. The molecule has 3 nitrogen and oxygen atoms in total. The fraction of sp³-hybridized carbons (Fsp3) is 0.250. The molecule has 0 aliphatic carbocycles. The third-order valence-electron chi connectivity index (χ3n) is 3.47. The van der Waals surface area contributed by atoms with Crippen molar-refractivity contribution in [3.8, 4) is 0 Å². The fourth-order valence-corrected chi connectivity index (χ4v) is 3.00. The molecule has 2 rings (SSSR count). The minimum Gasteiger partial charge on any atom is -0.309 e. The smallest absolute Gasteiger partial charge is 0.175 e. The molecule has 1 N–H and O–H groups in total. The first-order valence-corrected chi connectivity index (χ1v) is 8.45. The van der Waals surface area contributed by atoms with E-state index in [0.29, 0.717) is 0 Å². The van der Waals surface area contributed by atoms with Gasteiger partial charge in [0.2, 0.25) is 0 Å². The van der Waals surface area contributed by atoms with Crippen molar-refractivity contribution in [2.45, 2.75) is 17.9 Å². The first kappa shape index (κ1) is 15.7. The lowest BCUT2D eigenvalue weighted by Crippen LogP contribution is -2.18. The van der Waals surface area contributed by atoms with Gasteiger partial charge in [0.15, 0.2) is 9.84 Å². The van der Waals surface area contributed by atoms with E-state index >= 15 is 0 Å². The van der Waals surface area contributed by atoms with Crippen molar-refractivity contribution in [3.05, 3.63) is 65.0 Å². The molecule has 0 fully saturated rings. The number of aryl methyl sites for hydroxylation is 1. The second kappa shape index (κ2) is 5.95. The summed E-state index contributed by atoms with van der Waals surface area (Å²) in [6.45, 7) is 1.85. The monoisotopic (exact) mass is 307 g/mol. The summed E-state index contributed by atoms with van der Waals surface area (Å²) in [7, 11) is -1.38. The summed E-state index contributed by atoms with van der Waals surface area (Å²) in [6, 6.07) is 11.3. The molecule has 0 heterocycles. The Morgan fingerprint density at radius 3 is 2.19 bits per heavy atom. The second-order valence-corrected chi connectivity index (χ2v) is 7.08. The highest BCUT2D eigenvalue weighted by molar-refractivity contribution is 7.90. The Bertz CT molecular complexity index is 739. The van der Waals surface area contributed by atoms with Crippen LogP contribution in [0.3, 0.4) is 0 Å². The topological polar surface area (TPSA) is 46.2 Å². The molecule has 2 aromatic rings. The summed E-state index contributed by atoms with van der Waals surface area (Å²) in [5, 5.41) is 3.18. The number of hydrogen-bond acceptors (Lipinski definition) is 3. The molecule has 0 saturated heterocycles. The normalized spacial score (nSPS) is 13.1. The summed E-state index contributed by atoms with van der Waals surface area (Å²) in [6.07, 6.45) is 1.18. The Morgan fingerprint density at radius 2 is 1.71 bits per heavy atom. The zero-order chi connectivity index (χ0) is 15.6. The van der Waals surface area contributed by atoms with Crippen molar-refractivity contribution < 1.29 is 12.8 Å². The Labute approximate surface area is 124 Å². The van der Waals surface area contributed by atoms with Gasteiger partial charge in [-0.3, -0.25) is 0 Å². The highest BCUT2D eigenvalue weighted by Crippen LogP contribution is 2.26. The Hall–Kier alpha value is -1.72. The molecule has 2 aromatic carbocycles. The van der Waals surface area contributed by atoms with Crippen LogP contribution in [0.1, 0.15) is 22.7 Å². The molecule has 1 atom stereocenters. The molecular weight excluding hydrogens is 289 g/mol. The molecular formula is C16H18FNO2S. The van der Waals surface area contributed by atoms with Gasteiger partial charge in [0, 0.05) is 6.26 Å². The third-order valence-corrected chi connectivity index (χ3v) is 4.60. The van der Waals surface area contributed by atoms with Crippen molar-refractivity contribution in [3.63, 3.8) is 0 Å². The van der Waals surface area contributed by atoms with Crippen molar-refractivity contribution in [1.29, 1.82) is 0 Å². The molecule has 0 aliphatic heterocycles. The number of rotatable bonds is 4. The number of hydrogen-bond donors (Lipinski definition) is 1. The Balaban J connectivity index is 2.42. The minimum absolute atomic E-state index is 0.112. The molecule has 1 unspecified atom stereocenters. The number of sulfone groups is 1. The molecule has 21 heavy (non-hydrogen) atoms. The van der Waals surface area contributed by atoms with Gasteiger partial charge in [0.05, 0.1) is 10.9 Å². The van der Waals surface area contributed by atoms with Crippen molar-refractivity contribution in [1.82, 2.24) is 5.32 Å². The van der Waals surface area contributed by atoms with Crippen molar-refractivity contribution in [2.24, 2.45) is 0 Å². The highest BCUT2D eigenvalue weighted by Gasteiger charge is 2.15. The predicted molar refractivity (Wildman–Crippen MR) is 81.6 cm³/mol. The molecule has 0 radical (unpaired) electrons. The zero-order valence-electron chi connectivity index (χ0n) is 12.2. The second-order valence-electron chi connectivity index (χ2n) is 5.06. The first-order valence-electron chi connectivity index (χ1n) is 6.56. The van der Waals surface area contributed by atoms with Gasteiger partial charge in [-0.15, -0.1) is 0 Å². The largest absolute Gasteiger partial charge is 0.309 e. The van der Waals surface area contributed by atoms with Gasteiger partial charge in [-0.05, 0) is 54.9 Å². The van der Waals surface area contributed by atoms with E-state index in [1.54, 1.807) is 30.3 Å². The molecule has 5 heteroatoms. The van der Waals surface area contributed by atoms with Crippen LogP contribution in [0.25, 0.3) is 0 Å². The lowest BCUT2D eigenvalue weighted by molar-refractivity contribution is 0.601. The van der Waals surface area contributed by atoms with Gasteiger partial charge in [0.25, 0.3) is 0 Å². The van der Waals surface area contributed by atoms with E-state index in [-0.39, 0.29) is 16.8 Å². The van der Waals surface area contributed by atoms with Gasteiger partial charge < -0.3 is 5.32 Å². The average molecular weight is 307 g/mol. The van der Waals surface area contributed by atoms with Crippen LogP contribution in [0.2, 0.25) is 0 Å². The average Bonchev–Trinajstić information content (AvgIpc) is 2.41. The summed E-state index contributed by atoms with van der Waals surface area (Å²) < 4.78 is 36.2. The maximum atomic E-state index is 13.2. The van der Waals surface area contributed by atoms with Crippen LogP contribution < -0.4 is 5.32 Å². The number of halogens is 1. The van der Waals surface area contributed by atoms with Crippen molar-refractivity contribution >= 4 is 9.84 Å². The van der Waals surface area contributed by atoms with Crippen LogP contribution >= 0.6 is 0 Å². The molecule has 0 spiro atoms. The lowest BCUT2D eigenvalue weighted by atomic mass is 9.95. The molecule has 0 aromatic heterocycles. The zero-order valence-corrected chi connectivity index (χ0v) is 13.0. The molecule has 0 amide bonds. The van der Waals surface area contributed by atoms with E-state index in [4.69, 9.17) is 0 Å². The summed E-state index contributed by atoms with van der Waals surface area (Å²) in [5.41, 5.74) is 2.74. The van der Waals surface area contributed by atoms with Crippen LogP contribution in [0.15, 0.2) is 47.4 Å². The van der Waals surface area contributed by atoms with Gasteiger partial charge in [-0.25, -0.2) is 12.8 Å². The van der Waals surface area contributed by atoms with Crippen LogP contribution in [-0.2, 0) is 9.84 Å². The Morgan fingerprint density at radius 1 is 1.10 bits per heavy atom. The van der Waals surface area contributed by atoms with Crippen molar-refractivity contribution in [2.75, 3.05) is 13.3 Å². The van der Waals surface area contributed by atoms with Gasteiger partial charge in [0.1, 0.15) is 5.82 Å². The highest BCUT2D eigenvalue weighted by atomic mass is 32.2. The van der Waals surface area contributed by atoms with E-state index in [1.165, 1.54) is 18.4 Å². The van der Waals surface area contributed by atoms with Gasteiger partial charge in [-0.1, -0.05) is 18.2 Å². The van der Waals surface area contributed by atoms with E-state index < -0.39 is 9.84 Å². The third kappa shape index (κ3) is 3.49. The number of nitrogens with one attached hydrogen (secondary N) is 1. The standard InChI is InChI=1S/C16H18FNO2S/c1-11-10-13(17)6-9-15(11)16(18-2)12-4-7-14(8-5-12)21(3,19)20/h4-10,16,18H,1-3H3. The summed E-state index contributed by atoms with van der Waals surface area (Å²) in [5.74, 6) is -0.265. The van der Waals surface area contributed by atoms with Gasteiger partial charge >= 0.3 is 0 Å². The molecule has 0 saturated carbocycles. The summed E-state index contributed by atoms with van der Waals surface area (Å²) >= 11 is 0. The van der Waals surface area contributed by atoms with Crippen LogP contribution in [0.4, 0.5) is 4.39 Å². The molecule has 112 valence electrons. The van der Waals surface area contributed by atoms with E-state index in [1.807, 2.05) is 14.0 Å². The molecule has 0 bridgehead atoms. The fourth-order valence-electron chi connectivity index (χ4n) is 2.37. The van der Waals surface area contributed by atoms with Crippen LogP contribution in [0, 0.1) is 12.7 Å². The van der Waals surface area contributed by atoms with Gasteiger partial charge in [-0.2, -0.15) is 0 Å². The van der Waals surface area contributed by atoms with E-state index in [9.17, 15) is 12.8 Å². The quantitative estimate of drug-likeness (QED) is 0.945. The molecule has 0 aliphatic rings. The summed E-state index contributed by atoms with van der Waals surface area (Å²) in [4.78, 5) is 0.289. The lowest BCUT2D eigenvalue weighted by Gasteiger charge is -2.19.